The van der Waals surface area contributed by atoms with Crippen LogP contribution in [0.2, 0.25) is 0 Å². The number of likely N-dealkylation sites (tertiary alicyclic amines) is 1. The maximum atomic E-state index is 5.69. The second-order valence-corrected chi connectivity index (χ2v) is 4.98. The number of nitrogens with zero attached hydrogens (tertiary/aromatic N) is 1. The van der Waals surface area contributed by atoms with Crippen LogP contribution in [-0.2, 0) is 4.74 Å². The van der Waals surface area contributed by atoms with Gasteiger partial charge in [-0.1, -0.05) is 6.92 Å². The Bertz CT molecular complexity index is 161. The molecule has 0 aromatic rings. The van der Waals surface area contributed by atoms with E-state index in [0.717, 1.165) is 10.9 Å². The summed E-state index contributed by atoms with van der Waals surface area (Å²) < 4.78 is 6.85. The molecule has 13 heavy (non-hydrogen) atoms. The molecule has 2 nitrogen and oxygen atoms in total. The quantitative estimate of drug-likeness (QED) is 0.600. The summed E-state index contributed by atoms with van der Waals surface area (Å²) in [6.07, 6.45) is 4.91. The predicted octanol–water partition coefficient (Wildman–Crippen LogP) is 2.04. The van der Waals surface area contributed by atoms with E-state index >= 15 is 0 Å². The Morgan fingerprint density at radius 2 is 1.92 bits per heavy atom. The zero-order valence-corrected chi connectivity index (χ0v) is 9.60. The summed E-state index contributed by atoms with van der Waals surface area (Å²) in [4.78, 5) is 0. The van der Waals surface area contributed by atoms with Gasteiger partial charge in [0.2, 0.25) is 0 Å². The number of hydrogen-bond donors (Lipinski definition) is 0. The fraction of sp³-hybridized carbons (Fsp3) is 1.00. The Labute approximate surface area is 82.5 Å². The molecule has 1 saturated heterocycles. The van der Waals surface area contributed by atoms with Gasteiger partial charge in [0.25, 0.3) is 0 Å². The van der Waals surface area contributed by atoms with Gasteiger partial charge >= 0.3 is 0 Å². The monoisotopic (exact) mass is 186 g/mol. The lowest BCUT2D eigenvalue weighted by atomic mass is 9.92. The number of ether oxygens (including phenoxy) is 1. The van der Waals surface area contributed by atoms with Crippen molar-refractivity contribution in [1.29, 1.82) is 0 Å². The topological polar surface area (TPSA) is 9.23 Å². The van der Waals surface area contributed by atoms with Gasteiger partial charge in [-0.25, -0.2) is 0 Å². The molecule has 1 unspecified atom stereocenters. The van der Waals surface area contributed by atoms with Gasteiger partial charge in [0, 0.05) is 13.5 Å². The number of rotatable bonds is 2. The molecule has 78 valence electrons. The lowest BCUT2D eigenvalue weighted by Gasteiger charge is -2.31. The van der Waals surface area contributed by atoms with E-state index in [1.807, 2.05) is 7.11 Å². The van der Waals surface area contributed by atoms with Crippen LogP contribution < -0.4 is 0 Å². The summed E-state index contributed by atoms with van der Waals surface area (Å²) in [5, 5.41) is 0. The van der Waals surface area contributed by atoms with Crippen molar-refractivity contribution in [2.24, 2.45) is 0 Å². The molecular weight excluding hydrogens is 162 g/mol. The highest BCUT2D eigenvalue weighted by molar-refractivity contribution is 4.80. The smallest absolute Gasteiger partial charge is 0.0810 e. The molecule has 1 heterocycles. The molecule has 0 saturated carbocycles. The van der Waals surface area contributed by atoms with Crippen molar-refractivity contribution >= 4 is 0 Å². The maximum absolute atomic E-state index is 5.69. The zero-order chi connectivity index (χ0) is 9.95. The summed E-state index contributed by atoms with van der Waals surface area (Å²) in [7, 11) is 6.51. The predicted molar refractivity (Wildman–Crippen MR) is 55.7 cm³/mol. The normalized spacial score (nSPS) is 34.2. The second kappa shape index (κ2) is 3.97. The van der Waals surface area contributed by atoms with Gasteiger partial charge in [0.15, 0.2) is 0 Å². The molecule has 0 N–H and O–H groups in total. The van der Waals surface area contributed by atoms with Gasteiger partial charge in [-0.2, -0.15) is 0 Å². The molecule has 1 aliphatic heterocycles. The van der Waals surface area contributed by atoms with E-state index < -0.39 is 0 Å². The van der Waals surface area contributed by atoms with Crippen LogP contribution in [0.3, 0.4) is 0 Å². The third-order valence-electron chi connectivity index (χ3n) is 3.65. The van der Waals surface area contributed by atoms with Crippen molar-refractivity contribution in [2.45, 2.75) is 38.2 Å². The summed E-state index contributed by atoms with van der Waals surface area (Å²) in [6, 6.07) is 0. The molecule has 0 aromatic carbocycles. The van der Waals surface area contributed by atoms with Crippen molar-refractivity contribution in [3.8, 4) is 0 Å². The summed E-state index contributed by atoms with van der Waals surface area (Å²) in [5.41, 5.74) is 0.187. The van der Waals surface area contributed by atoms with Crippen molar-refractivity contribution in [3.05, 3.63) is 0 Å². The van der Waals surface area contributed by atoms with Crippen molar-refractivity contribution in [2.75, 3.05) is 34.3 Å². The Hall–Kier alpha value is -0.0800. The second-order valence-electron chi connectivity index (χ2n) is 4.98. The van der Waals surface area contributed by atoms with Crippen LogP contribution in [-0.4, -0.2) is 44.4 Å². The first-order valence-electron chi connectivity index (χ1n) is 5.41. The fourth-order valence-electron chi connectivity index (χ4n) is 2.27. The summed E-state index contributed by atoms with van der Waals surface area (Å²) in [5.74, 6) is 0. The number of methoxy groups -OCH3 is 1. The molecule has 0 bridgehead atoms. The molecule has 1 atom stereocenters. The third kappa shape index (κ3) is 2.68. The Morgan fingerprint density at radius 1 is 1.23 bits per heavy atom. The highest BCUT2D eigenvalue weighted by Crippen LogP contribution is 2.30. The van der Waals surface area contributed by atoms with Crippen LogP contribution in [0.5, 0.6) is 0 Å². The first-order chi connectivity index (χ1) is 6.04. The minimum absolute atomic E-state index is 0.187. The van der Waals surface area contributed by atoms with Crippen molar-refractivity contribution in [1.82, 2.24) is 0 Å². The molecule has 0 aliphatic carbocycles. The van der Waals surface area contributed by atoms with Gasteiger partial charge in [-0.3, -0.25) is 0 Å². The lowest BCUT2D eigenvalue weighted by molar-refractivity contribution is -0.889. The fourth-order valence-corrected chi connectivity index (χ4v) is 2.27. The van der Waals surface area contributed by atoms with Gasteiger partial charge in [-0.15, -0.1) is 0 Å². The van der Waals surface area contributed by atoms with Crippen LogP contribution >= 0.6 is 0 Å². The highest BCUT2D eigenvalue weighted by atomic mass is 16.5. The molecule has 0 spiro atoms. The van der Waals surface area contributed by atoms with E-state index in [-0.39, 0.29) is 5.60 Å². The molecule has 2 heteroatoms. The van der Waals surface area contributed by atoms with Crippen LogP contribution in [0.15, 0.2) is 0 Å². The average molecular weight is 186 g/mol. The van der Waals surface area contributed by atoms with Crippen molar-refractivity contribution in [3.63, 3.8) is 0 Å². The molecule has 1 fully saturated rings. The van der Waals surface area contributed by atoms with E-state index in [1.165, 1.54) is 32.4 Å². The third-order valence-corrected chi connectivity index (χ3v) is 3.65. The Balaban J connectivity index is 2.62. The van der Waals surface area contributed by atoms with Crippen LogP contribution in [0, 0.1) is 0 Å². The minimum atomic E-state index is 0.187. The lowest BCUT2D eigenvalue weighted by Crippen LogP contribution is -2.41. The maximum Gasteiger partial charge on any atom is 0.0810 e. The number of quaternary nitrogens is 1. The first-order valence-corrected chi connectivity index (χ1v) is 5.41. The van der Waals surface area contributed by atoms with Crippen molar-refractivity contribution < 1.29 is 9.22 Å². The number of hydrogen-bond acceptors (Lipinski definition) is 1. The zero-order valence-electron chi connectivity index (χ0n) is 9.60. The molecule has 0 radical (unpaired) electrons. The van der Waals surface area contributed by atoms with Gasteiger partial charge in [-0.05, 0) is 19.3 Å². The average Bonchev–Trinajstić information content (AvgIpc) is 2.25. The molecular formula is C11H24NO+. The first kappa shape index (κ1) is 11.0. The van der Waals surface area contributed by atoms with Gasteiger partial charge < -0.3 is 9.22 Å². The van der Waals surface area contributed by atoms with E-state index in [9.17, 15) is 0 Å². The molecule has 1 rings (SSSR count). The Morgan fingerprint density at radius 3 is 2.46 bits per heavy atom. The van der Waals surface area contributed by atoms with E-state index in [2.05, 4.69) is 21.0 Å². The van der Waals surface area contributed by atoms with Crippen LogP contribution in [0.1, 0.15) is 32.6 Å². The van der Waals surface area contributed by atoms with Gasteiger partial charge in [0.05, 0.1) is 32.8 Å². The summed E-state index contributed by atoms with van der Waals surface area (Å²) >= 11 is 0. The highest BCUT2D eigenvalue weighted by Gasteiger charge is 2.34. The standard InChI is InChI=1S/C11H24NO/c1-5-11(13-4)7-6-9-12(2,3)10-8-11/h5-10H2,1-4H3/q+1. The molecule has 0 amide bonds. The van der Waals surface area contributed by atoms with Gasteiger partial charge in [0.1, 0.15) is 0 Å². The largest absolute Gasteiger partial charge is 0.378 e. The van der Waals surface area contributed by atoms with E-state index in [1.54, 1.807) is 0 Å². The summed E-state index contributed by atoms with van der Waals surface area (Å²) in [6.45, 7) is 4.79. The van der Waals surface area contributed by atoms with Crippen LogP contribution in [0.25, 0.3) is 0 Å². The van der Waals surface area contributed by atoms with Crippen LogP contribution in [0.4, 0.5) is 0 Å². The van der Waals surface area contributed by atoms with E-state index in [0.29, 0.717) is 0 Å². The molecule has 0 aromatic heterocycles. The minimum Gasteiger partial charge on any atom is -0.378 e. The molecule has 1 aliphatic rings. The van der Waals surface area contributed by atoms with E-state index in [4.69, 9.17) is 4.74 Å². The SMILES string of the molecule is CCC1(OC)CCC[N+](C)(C)CC1. The Kier molecular flexibility index (Phi) is 3.36.